The van der Waals surface area contributed by atoms with E-state index in [1.807, 2.05) is 6.07 Å². The Morgan fingerprint density at radius 3 is 2.24 bits per heavy atom. The van der Waals surface area contributed by atoms with Crippen LogP contribution in [0.25, 0.3) is 0 Å². The number of anilines is 1. The largest absolute Gasteiger partial charge is 0.465 e. The number of piperazine rings is 1. The minimum absolute atomic E-state index is 0.0759. The molecule has 0 bridgehead atoms. The zero-order valence-corrected chi connectivity index (χ0v) is 21.9. The second-order valence-corrected chi connectivity index (χ2v) is 11.8. The van der Waals surface area contributed by atoms with Crippen LogP contribution in [0.4, 0.5) is 23.7 Å². The Morgan fingerprint density at radius 2 is 1.82 bits per heavy atom. The Bertz CT molecular complexity index is 1190. The Kier molecular flexibility index (Phi) is 8.82. The van der Waals surface area contributed by atoms with E-state index in [1.54, 1.807) is 9.80 Å². The highest BCUT2D eigenvalue weighted by atomic mass is 32.2. The summed E-state index contributed by atoms with van der Waals surface area (Å²) in [4.78, 5) is 24.1. The first-order valence-electron chi connectivity index (χ1n) is 12.1. The van der Waals surface area contributed by atoms with Gasteiger partial charge < -0.3 is 25.0 Å². The van der Waals surface area contributed by atoms with Crippen molar-refractivity contribution in [3.8, 4) is 6.07 Å². The molecule has 2 atom stereocenters. The fourth-order valence-electron chi connectivity index (χ4n) is 4.63. The van der Waals surface area contributed by atoms with Gasteiger partial charge in [-0.2, -0.15) is 18.4 Å². The molecule has 2 N–H and O–H groups in total. The van der Waals surface area contributed by atoms with Gasteiger partial charge in [0.05, 0.1) is 27.9 Å². The quantitative estimate of drug-likeness (QED) is 0.560. The molecule has 4 rings (SSSR count). The van der Waals surface area contributed by atoms with E-state index in [1.165, 1.54) is 20.1 Å². The summed E-state index contributed by atoms with van der Waals surface area (Å²) in [6, 6.07) is 5.31. The highest BCUT2D eigenvalue weighted by Crippen LogP contribution is 2.40. The van der Waals surface area contributed by atoms with E-state index in [0.717, 1.165) is 12.1 Å². The van der Waals surface area contributed by atoms with Crippen molar-refractivity contribution in [3.05, 3.63) is 23.8 Å². The SMILES string of the molecule is CO[C@H]1CC[C@H](S(=O)(=O)c2ccc(N3CCN(C(C)=O)CC3)cc2C(F)(F)F)C1.N#CC1(NC(=O)O)CC1. The fourth-order valence-corrected chi connectivity index (χ4v) is 6.65. The van der Waals surface area contributed by atoms with Gasteiger partial charge in [0, 0.05) is 45.9 Å². The van der Waals surface area contributed by atoms with Gasteiger partial charge in [-0.1, -0.05) is 0 Å². The number of alkyl halides is 3. The number of methoxy groups -OCH3 is 1. The molecular formula is C24H31F3N4O6S. The summed E-state index contributed by atoms with van der Waals surface area (Å²) in [5.74, 6) is -0.0759. The molecule has 0 aromatic heterocycles. The summed E-state index contributed by atoms with van der Waals surface area (Å²) in [6.07, 6.45) is -3.86. The zero-order valence-electron chi connectivity index (χ0n) is 21.1. The summed E-state index contributed by atoms with van der Waals surface area (Å²) in [6.45, 7) is 3.06. The number of rotatable bonds is 5. The molecule has 2 aliphatic carbocycles. The fraction of sp³-hybridized carbons (Fsp3) is 0.625. The van der Waals surface area contributed by atoms with Gasteiger partial charge in [0.25, 0.3) is 0 Å². The van der Waals surface area contributed by atoms with Crippen LogP contribution in [-0.4, -0.2) is 80.6 Å². The van der Waals surface area contributed by atoms with Crippen molar-refractivity contribution < 1.29 is 41.0 Å². The third-order valence-electron chi connectivity index (χ3n) is 7.08. The minimum atomic E-state index is -4.79. The summed E-state index contributed by atoms with van der Waals surface area (Å²) < 4.78 is 72.4. The van der Waals surface area contributed by atoms with Crippen molar-refractivity contribution in [3.63, 3.8) is 0 Å². The van der Waals surface area contributed by atoms with Crippen molar-refractivity contribution in [1.29, 1.82) is 5.26 Å². The first-order valence-corrected chi connectivity index (χ1v) is 13.7. The lowest BCUT2D eigenvalue weighted by Crippen LogP contribution is -2.48. The molecule has 2 saturated carbocycles. The number of carbonyl (C=O) groups excluding carboxylic acids is 1. The Hall–Kier alpha value is -3.05. The van der Waals surface area contributed by atoms with Crippen LogP contribution in [-0.2, 0) is 25.5 Å². The van der Waals surface area contributed by atoms with Crippen LogP contribution >= 0.6 is 0 Å². The average Bonchev–Trinajstić information content (AvgIpc) is 3.45. The van der Waals surface area contributed by atoms with Gasteiger partial charge in [-0.3, -0.25) is 4.79 Å². The van der Waals surface area contributed by atoms with E-state index in [4.69, 9.17) is 15.1 Å². The Labute approximate surface area is 219 Å². The number of nitrogens with zero attached hydrogens (tertiary/aromatic N) is 3. The number of halogens is 3. The lowest BCUT2D eigenvalue weighted by atomic mass is 10.1. The van der Waals surface area contributed by atoms with Crippen LogP contribution in [0.5, 0.6) is 0 Å². The number of amides is 2. The second kappa shape index (κ2) is 11.4. The molecule has 10 nitrogen and oxygen atoms in total. The lowest BCUT2D eigenvalue weighted by molar-refractivity contribution is -0.139. The van der Waals surface area contributed by atoms with E-state index < -0.39 is 43.4 Å². The topological polar surface area (TPSA) is 140 Å². The maximum absolute atomic E-state index is 13.8. The number of benzene rings is 1. The summed E-state index contributed by atoms with van der Waals surface area (Å²) in [5, 5.41) is 17.7. The molecule has 1 saturated heterocycles. The van der Waals surface area contributed by atoms with Gasteiger partial charge in [0.2, 0.25) is 5.91 Å². The first kappa shape index (κ1) is 29.5. The third kappa shape index (κ3) is 6.87. The molecule has 210 valence electrons. The van der Waals surface area contributed by atoms with Crippen molar-refractivity contribution >= 4 is 27.5 Å². The van der Waals surface area contributed by atoms with E-state index in [9.17, 15) is 31.2 Å². The summed E-state index contributed by atoms with van der Waals surface area (Å²) >= 11 is 0. The standard InChI is InChI=1S/C19H25F3N2O4S.C5H6N2O2/c1-13(25)23-7-9-24(10-8-23)14-3-6-18(17(11-14)19(20,21)22)29(26,27)16-5-4-15(12-16)28-2;6-3-5(1-2-5)7-4(8)9/h3,6,11,15-16H,4-5,7-10,12H2,1-2H3;7H,1-2H2,(H,8,9)/t15-,16-;/m0./s1. The van der Waals surface area contributed by atoms with E-state index in [2.05, 4.69) is 5.32 Å². The number of hydrogen-bond acceptors (Lipinski definition) is 7. The number of nitriles is 1. The van der Waals surface area contributed by atoms with Gasteiger partial charge in [0.1, 0.15) is 5.54 Å². The van der Waals surface area contributed by atoms with Crippen LogP contribution in [0.15, 0.2) is 23.1 Å². The molecule has 2 amide bonds. The minimum Gasteiger partial charge on any atom is -0.465 e. The van der Waals surface area contributed by atoms with E-state index in [-0.39, 0.29) is 24.9 Å². The van der Waals surface area contributed by atoms with Gasteiger partial charge >= 0.3 is 12.3 Å². The van der Waals surface area contributed by atoms with Crippen LogP contribution < -0.4 is 10.2 Å². The highest BCUT2D eigenvalue weighted by molar-refractivity contribution is 7.92. The van der Waals surface area contributed by atoms with Crippen molar-refractivity contribution in [2.24, 2.45) is 0 Å². The number of carboxylic acid groups (broad SMARTS) is 1. The molecule has 0 unspecified atom stereocenters. The predicted molar refractivity (Wildman–Crippen MR) is 130 cm³/mol. The van der Waals surface area contributed by atoms with Gasteiger partial charge in [-0.25, -0.2) is 13.2 Å². The highest BCUT2D eigenvalue weighted by Gasteiger charge is 2.45. The molecule has 1 aromatic rings. The van der Waals surface area contributed by atoms with Crippen molar-refractivity contribution in [2.75, 3.05) is 38.2 Å². The van der Waals surface area contributed by atoms with Gasteiger partial charge in [0.15, 0.2) is 9.84 Å². The molecule has 0 radical (unpaired) electrons. The second-order valence-electron chi connectivity index (χ2n) is 9.63. The van der Waals surface area contributed by atoms with Gasteiger partial charge in [-0.05, 0) is 50.3 Å². The van der Waals surface area contributed by atoms with Gasteiger partial charge in [-0.15, -0.1) is 0 Å². The number of sulfone groups is 1. The van der Waals surface area contributed by atoms with Crippen LogP contribution in [0.3, 0.4) is 0 Å². The number of nitrogens with one attached hydrogen (secondary N) is 1. The van der Waals surface area contributed by atoms with Crippen LogP contribution in [0.2, 0.25) is 0 Å². The molecule has 3 fully saturated rings. The first-order chi connectivity index (χ1) is 17.7. The Balaban J connectivity index is 0.000000375. The normalized spacial score (nSPS) is 22.6. The molecule has 1 aromatic carbocycles. The molecular weight excluding hydrogens is 529 g/mol. The average molecular weight is 561 g/mol. The monoisotopic (exact) mass is 560 g/mol. The predicted octanol–water partition coefficient (Wildman–Crippen LogP) is 3.03. The molecule has 0 spiro atoms. The van der Waals surface area contributed by atoms with Crippen LogP contribution in [0, 0.1) is 11.3 Å². The number of carbonyl (C=O) groups is 2. The summed E-state index contributed by atoms with van der Waals surface area (Å²) in [7, 11) is -2.66. The van der Waals surface area contributed by atoms with Crippen LogP contribution in [0.1, 0.15) is 44.6 Å². The maximum atomic E-state index is 13.8. The molecule has 1 aliphatic heterocycles. The van der Waals surface area contributed by atoms with Crippen molar-refractivity contribution in [2.45, 2.75) is 67.0 Å². The lowest BCUT2D eigenvalue weighted by Gasteiger charge is -2.36. The summed E-state index contributed by atoms with van der Waals surface area (Å²) in [5.41, 5.74) is -1.56. The smallest absolute Gasteiger partial charge is 0.417 e. The molecule has 14 heteroatoms. The maximum Gasteiger partial charge on any atom is 0.417 e. The molecule has 1 heterocycles. The van der Waals surface area contributed by atoms with E-state index in [0.29, 0.717) is 51.1 Å². The third-order valence-corrected chi connectivity index (χ3v) is 9.36. The Morgan fingerprint density at radius 1 is 1.18 bits per heavy atom. The number of ether oxygens (including phenoxy) is 1. The molecule has 3 aliphatic rings. The molecule has 38 heavy (non-hydrogen) atoms. The van der Waals surface area contributed by atoms with E-state index >= 15 is 0 Å². The zero-order chi connectivity index (χ0) is 28.3. The van der Waals surface area contributed by atoms with Crippen molar-refractivity contribution in [1.82, 2.24) is 10.2 Å². The number of hydrogen-bond donors (Lipinski definition) is 2.